The van der Waals surface area contributed by atoms with Crippen LogP contribution in [0.25, 0.3) is 16.9 Å². The van der Waals surface area contributed by atoms with Crippen LogP contribution in [0, 0.1) is 0 Å². The zero-order valence-electron chi connectivity index (χ0n) is 10.5. The molecule has 3 rings (SSSR count). The maximum Gasteiger partial charge on any atom is 0.137 e. The van der Waals surface area contributed by atoms with E-state index in [1.807, 2.05) is 12.1 Å². The number of halogens is 2. The fraction of sp³-hybridized carbons (Fsp3) is 0.133. The highest BCUT2D eigenvalue weighted by atomic mass is 79.9. The maximum absolute atomic E-state index is 4.67. The molecule has 0 aliphatic carbocycles. The molecule has 0 radical (unpaired) electrons. The summed E-state index contributed by atoms with van der Waals surface area (Å²) in [5.74, 6) is 0. The molecule has 0 bridgehead atoms. The average Bonchev–Trinajstić information content (AvgIpc) is 2.82. The normalized spacial score (nSPS) is 10.4. The molecule has 2 nitrogen and oxygen atoms in total. The first-order valence-corrected chi connectivity index (χ1v) is 6.79. The molecule has 3 aromatic rings. The third-order valence-corrected chi connectivity index (χ3v) is 3.60. The van der Waals surface area contributed by atoms with Crippen LogP contribution in [0.5, 0.6) is 0 Å². The van der Waals surface area contributed by atoms with Crippen molar-refractivity contribution in [3.63, 3.8) is 0 Å². The van der Waals surface area contributed by atoms with Gasteiger partial charge in [0, 0.05) is 22.4 Å². The van der Waals surface area contributed by atoms with Crippen LogP contribution in [0.3, 0.4) is 0 Å². The molecule has 19 heavy (non-hydrogen) atoms. The summed E-state index contributed by atoms with van der Waals surface area (Å²) in [6, 6.07) is 12.5. The molecule has 4 heteroatoms. The molecular formula is C15H14Br2N2. The average molecular weight is 382 g/mol. The number of aromatic nitrogens is 2. The van der Waals surface area contributed by atoms with Gasteiger partial charge in [-0.15, -0.1) is 17.0 Å². The van der Waals surface area contributed by atoms with E-state index in [-0.39, 0.29) is 17.0 Å². The van der Waals surface area contributed by atoms with Crippen molar-refractivity contribution in [1.82, 2.24) is 9.38 Å². The van der Waals surface area contributed by atoms with Gasteiger partial charge < -0.3 is 4.40 Å². The van der Waals surface area contributed by atoms with E-state index in [4.69, 9.17) is 0 Å². The quantitative estimate of drug-likeness (QED) is 0.616. The number of hydrogen-bond donors (Lipinski definition) is 0. The molecule has 0 N–H and O–H groups in total. The lowest BCUT2D eigenvalue weighted by Crippen LogP contribution is -1.85. The second kappa shape index (κ2) is 5.88. The molecule has 0 amide bonds. The van der Waals surface area contributed by atoms with Crippen molar-refractivity contribution in [3.05, 3.63) is 58.8 Å². The Morgan fingerprint density at radius 3 is 2.58 bits per heavy atom. The summed E-state index contributed by atoms with van der Waals surface area (Å²) in [4.78, 5) is 4.67. The van der Waals surface area contributed by atoms with Gasteiger partial charge in [0.25, 0.3) is 0 Å². The Kier molecular flexibility index (Phi) is 4.42. The molecule has 0 aliphatic rings. The molecule has 98 valence electrons. The van der Waals surface area contributed by atoms with E-state index in [9.17, 15) is 0 Å². The van der Waals surface area contributed by atoms with Crippen molar-refractivity contribution in [1.29, 1.82) is 0 Å². The van der Waals surface area contributed by atoms with Gasteiger partial charge in [-0.1, -0.05) is 35.0 Å². The van der Waals surface area contributed by atoms with E-state index in [2.05, 4.69) is 68.9 Å². The zero-order valence-corrected chi connectivity index (χ0v) is 13.8. The predicted octanol–water partition coefficient (Wildman–Crippen LogP) is 4.90. The molecule has 0 saturated heterocycles. The predicted molar refractivity (Wildman–Crippen MR) is 88.0 cm³/mol. The minimum atomic E-state index is 0. The number of fused-ring (bicyclic) bond motifs is 1. The van der Waals surface area contributed by atoms with Gasteiger partial charge in [-0.3, -0.25) is 0 Å². The maximum atomic E-state index is 4.67. The fourth-order valence-electron chi connectivity index (χ4n) is 2.00. The summed E-state index contributed by atoms with van der Waals surface area (Å²) >= 11 is 3.45. The van der Waals surface area contributed by atoms with Crippen LogP contribution in [0.15, 0.2) is 53.3 Å². The molecule has 0 aliphatic heterocycles. The SMILES string of the molecule is Br.CCc1ccn2cc(-c3ccc(Br)cc3)nc2c1. The van der Waals surface area contributed by atoms with E-state index < -0.39 is 0 Å². The van der Waals surface area contributed by atoms with Gasteiger partial charge in [-0.25, -0.2) is 4.98 Å². The Bertz CT molecular complexity index is 687. The summed E-state index contributed by atoms with van der Waals surface area (Å²) in [7, 11) is 0. The second-order valence-corrected chi connectivity index (χ2v) is 5.20. The van der Waals surface area contributed by atoms with Gasteiger partial charge in [0.05, 0.1) is 5.69 Å². The monoisotopic (exact) mass is 380 g/mol. The zero-order chi connectivity index (χ0) is 12.5. The third-order valence-electron chi connectivity index (χ3n) is 3.07. The van der Waals surface area contributed by atoms with Gasteiger partial charge in [0.2, 0.25) is 0 Å². The van der Waals surface area contributed by atoms with Crippen LogP contribution >= 0.6 is 32.9 Å². The molecule has 1 aromatic carbocycles. The lowest BCUT2D eigenvalue weighted by atomic mass is 10.2. The van der Waals surface area contributed by atoms with Crippen LogP contribution < -0.4 is 0 Å². The molecule has 2 aromatic heterocycles. The number of nitrogens with zero attached hydrogens (tertiary/aromatic N) is 2. The molecule has 0 saturated carbocycles. The Hall–Kier alpha value is -1.13. The van der Waals surface area contributed by atoms with Gasteiger partial charge in [-0.2, -0.15) is 0 Å². The van der Waals surface area contributed by atoms with Crippen molar-refractivity contribution in [3.8, 4) is 11.3 Å². The van der Waals surface area contributed by atoms with Crippen LogP contribution in [0.1, 0.15) is 12.5 Å². The largest absolute Gasteiger partial charge is 0.306 e. The Balaban J connectivity index is 0.00000133. The van der Waals surface area contributed by atoms with Crippen molar-refractivity contribution in [2.45, 2.75) is 13.3 Å². The molecule has 0 atom stereocenters. The van der Waals surface area contributed by atoms with E-state index in [0.29, 0.717) is 0 Å². The molecule has 0 spiro atoms. The highest BCUT2D eigenvalue weighted by Gasteiger charge is 2.04. The first-order chi connectivity index (χ1) is 8.76. The number of hydrogen-bond acceptors (Lipinski definition) is 1. The fourth-order valence-corrected chi connectivity index (χ4v) is 2.27. The van der Waals surface area contributed by atoms with Crippen molar-refractivity contribution in [2.24, 2.45) is 0 Å². The minimum absolute atomic E-state index is 0. The number of imidazole rings is 1. The molecule has 0 unspecified atom stereocenters. The third kappa shape index (κ3) is 2.90. The number of rotatable bonds is 2. The van der Waals surface area contributed by atoms with Crippen LogP contribution in [-0.4, -0.2) is 9.38 Å². The first-order valence-electron chi connectivity index (χ1n) is 6.00. The number of aryl methyl sites for hydroxylation is 1. The lowest BCUT2D eigenvalue weighted by molar-refractivity contribution is 1.10. The molecular weight excluding hydrogens is 368 g/mol. The highest BCUT2D eigenvalue weighted by molar-refractivity contribution is 9.10. The van der Waals surface area contributed by atoms with E-state index in [1.165, 1.54) is 5.56 Å². The Morgan fingerprint density at radius 1 is 1.16 bits per heavy atom. The Morgan fingerprint density at radius 2 is 1.89 bits per heavy atom. The van der Waals surface area contributed by atoms with Crippen molar-refractivity contribution < 1.29 is 0 Å². The lowest BCUT2D eigenvalue weighted by Gasteiger charge is -1.96. The number of benzene rings is 1. The van der Waals surface area contributed by atoms with E-state index in [0.717, 1.165) is 27.8 Å². The summed E-state index contributed by atoms with van der Waals surface area (Å²) < 4.78 is 3.15. The second-order valence-electron chi connectivity index (χ2n) is 4.29. The van der Waals surface area contributed by atoms with Crippen LogP contribution in [0.4, 0.5) is 0 Å². The highest BCUT2D eigenvalue weighted by Crippen LogP contribution is 2.21. The minimum Gasteiger partial charge on any atom is -0.306 e. The topological polar surface area (TPSA) is 17.3 Å². The summed E-state index contributed by atoms with van der Waals surface area (Å²) in [5.41, 5.74) is 4.47. The van der Waals surface area contributed by atoms with Gasteiger partial charge >= 0.3 is 0 Å². The van der Waals surface area contributed by atoms with Gasteiger partial charge in [0.1, 0.15) is 5.65 Å². The summed E-state index contributed by atoms with van der Waals surface area (Å²) in [6.07, 6.45) is 5.18. The van der Waals surface area contributed by atoms with Crippen molar-refractivity contribution in [2.75, 3.05) is 0 Å². The number of pyridine rings is 1. The summed E-state index contributed by atoms with van der Waals surface area (Å²) in [5, 5.41) is 0. The van der Waals surface area contributed by atoms with Crippen molar-refractivity contribution >= 4 is 38.6 Å². The smallest absolute Gasteiger partial charge is 0.137 e. The standard InChI is InChI=1S/C15H13BrN2.BrH/c1-2-11-7-8-18-10-14(17-15(18)9-11)12-3-5-13(16)6-4-12;/h3-10H,2H2,1H3;1H. The van der Waals surface area contributed by atoms with Gasteiger partial charge in [0.15, 0.2) is 0 Å². The Labute approximate surface area is 131 Å². The summed E-state index contributed by atoms with van der Waals surface area (Å²) in [6.45, 7) is 2.16. The first kappa shape index (κ1) is 14.3. The van der Waals surface area contributed by atoms with Gasteiger partial charge in [-0.05, 0) is 36.2 Å². The van der Waals surface area contributed by atoms with Crippen LogP contribution in [-0.2, 0) is 6.42 Å². The van der Waals surface area contributed by atoms with Crippen LogP contribution in [0.2, 0.25) is 0 Å². The van der Waals surface area contributed by atoms with E-state index >= 15 is 0 Å². The molecule has 2 heterocycles. The molecule has 0 fully saturated rings. The van der Waals surface area contributed by atoms with E-state index in [1.54, 1.807) is 0 Å².